The number of allylic oxidation sites excluding steroid dienone is 1. The fourth-order valence-electron chi connectivity index (χ4n) is 5.26. The van der Waals surface area contributed by atoms with Crippen LogP contribution in [0.3, 0.4) is 0 Å². The van der Waals surface area contributed by atoms with Gasteiger partial charge in [0.25, 0.3) is 5.91 Å². The number of likely N-dealkylation sites (tertiary alicyclic amines) is 1. The van der Waals surface area contributed by atoms with Gasteiger partial charge >= 0.3 is 0 Å². The monoisotopic (exact) mass is 571 g/mol. The van der Waals surface area contributed by atoms with E-state index in [9.17, 15) is 9.59 Å². The molecule has 42 heavy (non-hydrogen) atoms. The predicted octanol–water partition coefficient (Wildman–Crippen LogP) is 5.87. The molecule has 1 spiro atoms. The molecule has 3 aromatic rings. The van der Waals surface area contributed by atoms with Crippen LogP contribution in [-0.4, -0.2) is 55.9 Å². The van der Waals surface area contributed by atoms with Crippen molar-refractivity contribution < 1.29 is 23.5 Å². The summed E-state index contributed by atoms with van der Waals surface area (Å²) in [6.45, 7) is 11.0. The molecule has 1 aromatic heterocycles. The Labute approximate surface area is 248 Å². The number of rotatable bonds is 8. The van der Waals surface area contributed by atoms with Gasteiger partial charge in [-0.3, -0.25) is 4.79 Å². The van der Waals surface area contributed by atoms with E-state index in [1.807, 2.05) is 0 Å². The summed E-state index contributed by atoms with van der Waals surface area (Å²) in [5.41, 5.74) is 3.49. The number of nitrogens with zero attached hydrogens (tertiary/aromatic N) is 2. The van der Waals surface area contributed by atoms with E-state index in [0.717, 1.165) is 74.5 Å². The molecule has 2 aliphatic heterocycles. The van der Waals surface area contributed by atoms with Gasteiger partial charge in [-0.1, -0.05) is 42.5 Å². The van der Waals surface area contributed by atoms with Gasteiger partial charge in [-0.05, 0) is 70.1 Å². The molecule has 1 saturated heterocycles. The van der Waals surface area contributed by atoms with Crippen LogP contribution in [-0.2, 0) is 20.9 Å². The van der Waals surface area contributed by atoms with Gasteiger partial charge in [-0.25, -0.2) is 0 Å². The van der Waals surface area contributed by atoms with E-state index in [1.165, 1.54) is 17.3 Å². The zero-order valence-corrected chi connectivity index (χ0v) is 24.8. The first-order chi connectivity index (χ1) is 20.4. The number of aldehydes is 1. The number of aryl methyl sites for hydroxylation is 1. The molecular formula is C34H41N3O5. The number of anilines is 1. The first-order valence-corrected chi connectivity index (χ1v) is 14.4. The SMILES string of the molecule is C=CO/C(=C\C)C(=O)NCC=O.Cc1cccc(-c2ccc(CN3CCC4(CCN(C)CC4)Oc4ccccc43)o2)c1. The number of carbonyl (C=O) groups excluding carboxylic acids is 2. The van der Waals surface area contributed by atoms with Crippen molar-refractivity contribution in [3.05, 3.63) is 96.7 Å². The van der Waals surface area contributed by atoms with Crippen LogP contribution in [0.25, 0.3) is 11.3 Å². The highest BCUT2D eigenvalue weighted by atomic mass is 16.5. The van der Waals surface area contributed by atoms with Crippen LogP contribution in [0.15, 0.2) is 89.8 Å². The summed E-state index contributed by atoms with van der Waals surface area (Å²) in [6, 6.07) is 21.1. The van der Waals surface area contributed by atoms with Crippen molar-refractivity contribution in [2.75, 3.05) is 38.1 Å². The molecule has 0 radical (unpaired) electrons. The van der Waals surface area contributed by atoms with Crippen LogP contribution >= 0.6 is 0 Å². The first-order valence-electron chi connectivity index (χ1n) is 14.4. The highest BCUT2D eigenvalue weighted by molar-refractivity contribution is 5.92. The first kappa shape index (κ1) is 30.7. The topological polar surface area (TPSA) is 84.2 Å². The standard InChI is InChI=1S/C26H30N2O2.C8H11NO3/c1-20-6-5-7-21(18-20)24-11-10-22(29-24)19-28-17-14-26(12-15-27(2)16-13-26)30-25-9-4-3-8-23(25)28;1-3-7(12-4-2)8(11)9-5-6-10/h3-11,18H,12-17,19H2,1-2H3;3-4,6H,2,5H2,1H3,(H,9,11)/b;7-3-. The van der Waals surface area contributed by atoms with Crippen molar-refractivity contribution >= 4 is 17.9 Å². The molecule has 0 bridgehead atoms. The smallest absolute Gasteiger partial charge is 0.286 e. The molecule has 5 rings (SSSR count). The molecule has 3 heterocycles. The van der Waals surface area contributed by atoms with Crippen LogP contribution in [0.5, 0.6) is 5.75 Å². The lowest BCUT2D eigenvalue weighted by molar-refractivity contribution is -0.121. The third kappa shape index (κ3) is 7.91. The minimum atomic E-state index is -0.426. The van der Waals surface area contributed by atoms with Crippen LogP contribution < -0.4 is 15.0 Å². The summed E-state index contributed by atoms with van der Waals surface area (Å²) >= 11 is 0. The number of piperidine rings is 1. The maximum atomic E-state index is 11.0. The van der Waals surface area contributed by atoms with E-state index >= 15 is 0 Å². The van der Waals surface area contributed by atoms with Gasteiger partial charge in [0, 0.05) is 31.6 Å². The second-order valence-electron chi connectivity index (χ2n) is 10.7. The lowest BCUT2D eigenvalue weighted by atomic mass is 9.88. The Morgan fingerprint density at radius 2 is 1.83 bits per heavy atom. The molecule has 8 nitrogen and oxygen atoms in total. The van der Waals surface area contributed by atoms with Gasteiger partial charge < -0.3 is 33.8 Å². The van der Waals surface area contributed by atoms with Crippen LogP contribution in [0.4, 0.5) is 5.69 Å². The molecule has 0 aliphatic carbocycles. The molecular weight excluding hydrogens is 530 g/mol. The number of hydrogen-bond donors (Lipinski definition) is 1. The van der Waals surface area contributed by atoms with E-state index in [-0.39, 0.29) is 17.9 Å². The summed E-state index contributed by atoms with van der Waals surface area (Å²) in [7, 11) is 2.20. The van der Waals surface area contributed by atoms with Crippen molar-refractivity contribution in [3.8, 4) is 17.1 Å². The molecule has 0 saturated carbocycles. The maximum absolute atomic E-state index is 11.0. The predicted molar refractivity (Wildman–Crippen MR) is 165 cm³/mol. The molecule has 1 amide bonds. The number of amides is 1. The van der Waals surface area contributed by atoms with Gasteiger partial charge in [0.2, 0.25) is 0 Å². The molecule has 1 N–H and O–H groups in total. The van der Waals surface area contributed by atoms with Crippen molar-refractivity contribution in [1.82, 2.24) is 10.2 Å². The van der Waals surface area contributed by atoms with Crippen molar-refractivity contribution in [2.24, 2.45) is 0 Å². The van der Waals surface area contributed by atoms with E-state index in [0.29, 0.717) is 6.29 Å². The summed E-state index contributed by atoms with van der Waals surface area (Å²) in [5, 5.41) is 2.32. The van der Waals surface area contributed by atoms with E-state index in [1.54, 1.807) is 6.92 Å². The third-order valence-electron chi connectivity index (χ3n) is 7.62. The minimum absolute atomic E-state index is 0.0172. The Kier molecular flexibility index (Phi) is 10.6. The average Bonchev–Trinajstić information content (AvgIpc) is 3.42. The zero-order valence-electron chi connectivity index (χ0n) is 24.8. The molecule has 8 heteroatoms. The Hall–Kier alpha value is -4.30. The molecule has 0 atom stereocenters. The number of carbonyl (C=O) groups is 2. The fraction of sp³-hybridized carbons (Fsp3) is 0.353. The zero-order chi connectivity index (χ0) is 30.0. The lowest BCUT2D eigenvalue weighted by Gasteiger charge is -2.40. The number of nitrogens with one attached hydrogen (secondary N) is 1. The highest BCUT2D eigenvalue weighted by Crippen LogP contribution is 2.41. The second kappa shape index (κ2) is 14.5. The van der Waals surface area contributed by atoms with Gasteiger partial charge in [-0.15, -0.1) is 0 Å². The number of benzene rings is 2. The number of hydrogen-bond acceptors (Lipinski definition) is 7. The van der Waals surface area contributed by atoms with Crippen molar-refractivity contribution in [2.45, 2.75) is 45.3 Å². The van der Waals surface area contributed by atoms with Gasteiger partial charge in [0.15, 0.2) is 5.76 Å². The van der Waals surface area contributed by atoms with E-state index in [2.05, 4.69) is 96.3 Å². The minimum Gasteiger partial charge on any atom is -0.485 e. The van der Waals surface area contributed by atoms with E-state index < -0.39 is 5.91 Å². The molecule has 222 valence electrons. The van der Waals surface area contributed by atoms with Crippen LogP contribution in [0.2, 0.25) is 0 Å². The highest BCUT2D eigenvalue weighted by Gasteiger charge is 2.39. The Balaban J connectivity index is 0.000000288. The van der Waals surface area contributed by atoms with Gasteiger partial charge in [0.1, 0.15) is 29.2 Å². The largest absolute Gasteiger partial charge is 0.485 e. The molecule has 1 fully saturated rings. The Morgan fingerprint density at radius 3 is 2.55 bits per heavy atom. The third-order valence-corrected chi connectivity index (χ3v) is 7.62. The normalized spacial score (nSPS) is 16.3. The molecule has 0 unspecified atom stereocenters. The molecule has 2 aliphatic rings. The number of para-hydroxylation sites is 2. The van der Waals surface area contributed by atoms with E-state index in [4.69, 9.17) is 13.9 Å². The number of furan rings is 1. The van der Waals surface area contributed by atoms with Gasteiger partial charge in [0.05, 0.1) is 25.0 Å². The maximum Gasteiger partial charge on any atom is 0.286 e. The number of ether oxygens (including phenoxy) is 2. The van der Waals surface area contributed by atoms with Crippen molar-refractivity contribution in [1.29, 1.82) is 0 Å². The van der Waals surface area contributed by atoms with Crippen LogP contribution in [0, 0.1) is 6.92 Å². The lowest BCUT2D eigenvalue weighted by Crippen LogP contribution is -2.47. The Bertz CT molecular complexity index is 1390. The van der Waals surface area contributed by atoms with Gasteiger partial charge in [-0.2, -0.15) is 0 Å². The summed E-state index contributed by atoms with van der Waals surface area (Å²) in [5.74, 6) is 2.63. The quantitative estimate of drug-likeness (QED) is 0.206. The number of fused-ring (bicyclic) bond motifs is 1. The Morgan fingerprint density at radius 1 is 1.07 bits per heavy atom. The second-order valence-corrected chi connectivity index (χ2v) is 10.7. The summed E-state index contributed by atoms with van der Waals surface area (Å²) < 4.78 is 17.7. The average molecular weight is 572 g/mol. The fourth-order valence-corrected chi connectivity index (χ4v) is 5.26. The molecule has 2 aromatic carbocycles. The van der Waals surface area contributed by atoms with Crippen LogP contribution in [0.1, 0.15) is 37.5 Å². The summed E-state index contributed by atoms with van der Waals surface area (Å²) in [4.78, 5) is 25.7. The summed E-state index contributed by atoms with van der Waals surface area (Å²) in [6.07, 6.45) is 6.45. The van der Waals surface area contributed by atoms with Crippen molar-refractivity contribution in [3.63, 3.8) is 0 Å².